The topological polar surface area (TPSA) is 3.24 Å². The molecule has 1 aromatic carbocycles. The fourth-order valence-corrected chi connectivity index (χ4v) is 3.92. The van der Waals surface area contributed by atoms with Crippen molar-refractivity contribution in [3.05, 3.63) is 94.3 Å². The Bertz CT molecular complexity index is 787. The third-order valence-corrected chi connectivity index (χ3v) is 5.59. The van der Waals surface area contributed by atoms with Gasteiger partial charge >= 0.3 is 0 Å². The number of benzene rings is 1. The third-order valence-electron chi connectivity index (χ3n) is 5.59. The average Bonchev–Trinajstić information content (AvgIpc) is 2.69. The minimum Gasteiger partial charge on any atom is -0.363 e. The van der Waals surface area contributed by atoms with E-state index in [4.69, 9.17) is 0 Å². The molecular formula is C26H33N. The van der Waals surface area contributed by atoms with Crippen molar-refractivity contribution >= 4 is 0 Å². The maximum Gasteiger partial charge on any atom is 0.0433 e. The Morgan fingerprint density at radius 2 is 1.81 bits per heavy atom. The second kappa shape index (κ2) is 9.60. The Labute approximate surface area is 165 Å². The predicted molar refractivity (Wildman–Crippen MR) is 117 cm³/mol. The molecule has 0 saturated heterocycles. The molecule has 3 rings (SSSR count). The Hall–Kier alpha value is -2.28. The fraction of sp³-hybridized carbons (Fsp3) is 0.385. The zero-order chi connectivity index (χ0) is 19.1. The molecule has 0 spiro atoms. The van der Waals surface area contributed by atoms with Crippen LogP contribution >= 0.6 is 0 Å². The minimum absolute atomic E-state index is 0.960. The summed E-state index contributed by atoms with van der Waals surface area (Å²) < 4.78 is 0. The molecule has 0 saturated carbocycles. The quantitative estimate of drug-likeness (QED) is 0.517. The molecular weight excluding hydrogens is 326 g/mol. The summed E-state index contributed by atoms with van der Waals surface area (Å²) in [5.41, 5.74) is 8.66. The van der Waals surface area contributed by atoms with Gasteiger partial charge in [-0.1, -0.05) is 72.7 Å². The molecule has 1 aliphatic heterocycles. The first-order valence-electron chi connectivity index (χ1n) is 10.4. The SMILES string of the molecule is CCC1=C(\C)CCC/C=C\C/C(C2=CC(C)=CCN2Cc2ccccc2)=C\1. The van der Waals surface area contributed by atoms with Crippen LogP contribution in [0.15, 0.2) is 88.7 Å². The summed E-state index contributed by atoms with van der Waals surface area (Å²) in [5, 5.41) is 0. The molecule has 1 heteroatoms. The lowest BCUT2D eigenvalue weighted by Gasteiger charge is -2.31. The van der Waals surface area contributed by atoms with Crippen LogP contribution in [-0.2, 0) is 6.54 Å². The van der Waals surface area contributed by atoms with E-state index in [1.165, 1.54) is 47.2 Å². The van der Waals surface area contributed by atoms with Crippen molar-refractivity contribution in [2.24, 2.45) is 0 Å². The van der Waals surface area contributed by atoms with Crippen molar-refractivity contribution in [1.82, 2.24) is 4.90 Å². The summed E-state index contributed by atoms with van der Waals surface area (Å²) in [6.07, 6.45) is 17.7. The molecule has 1 nitrogen and oxygen atoms in total. The van der Waals surface area contributed by atoms with Crippen LogP contribution in [0, 0.1) is 0 Å². The summed E-state index contributed by atoms with van der Waals surface area (Å²) in [6.45, 7) is 8.77. The van der Waals surface area contributed by atoms with Gasteiger partial charge in [-0.15, -0.1) is 0 Å². The van der Waals surface area contributed by atoms with Gasteiger partial charge in [0.1, 0.15) is 0 Å². The zero-order valence-electron chi connectivity index (χ0n) is 17.2. The fourth-order valence-electron chi connectivity index (χ4n) is 3.92. The van der Waals surface area contributed by atoms with Gasteiger partial charge in [0.05, 0.1) is 0 Å². The lowest BCUT2D eigenvalue weighted by Crippen LogP contribution is -2.26. The van der Waals surface area contributed by atoms with Gasteiger partial charge in [0.2, 0.25) is 0 Å². The third kappa shape index (κ3) is 5.35. The van der Waals surface area contributed by atoms with E-state index < -0.39 is 0 Å². The Morgan fingerprint density at radius 3 is 2.59 bits per heavy atom. The number of allylic oxidation sites excluding steroid dienone is 8. The number of rotatable bonds is 4. The van der Waals surface area contributed by atoms with E-state index in [1.54, 1.807) is 5.57 Å². The first kappa shape index (κ1) is 19.5. The molecule has 2 aliphatic rings. The summed E-state index contributed by atoms with van der Waals surface area (Å²) in [4.78, 5) is 2.52. The first-order valence-corrected chi connectivity index (χ1v) is 10.4. The molecule has 0 unspecified atom stereocenters. The maximum atomic E-state index is 2.52. The highest BCUT2D eigenvalue weighted by molar-refractivity contribution is 5.44. The summed E-state index contributed by atoms with van der Waals surface area (Å²) >= 11 is 0. The van der Waals surface area contributed by atoms with E-state index >= 15 is 0 Å². The second-order valence-electron chi connectivity index (χ2n) is 7.74. The molecule has 1 aromatic rings. The molecule has 0 aromatic heterocycles. The highest BCUT2D eigenvalue weighted by Gasteiger charge is 2.17. The van der Waals surface area contributed by atoms with Crippen LogP contribution in [0.3, 0.4) is 0 Å². The zero-order valence-corrected chi connectivity index (χ0v) is 17.2. The molecule has 0 bridgehead atoms. The van der Waals surface area contributed by atoms with Crippen LogP contribution in [0.2, 0.25) is 0 Å². The largest absolute Gasteiger partial charge is 0.363 e. The Morgan fingerprint density at radius 1 is 1.00 bits per heavy atom. The molecule has 142 valence electrons. The van der Waals surface area contributed by atoms with E-state index in [2.05, 4.69) is 86.4 Å². The van der Waals surface area contributed by atoms with Gasteiger partial charge in [0, 0.05) is 18.8 Å². The molecule has 0 fully saturated rings. The van der Waals surface area contributed by atoms with E-state index in [0.29, 0.717) is 0 Å². The smallest absolute Gasteiger partial charge is 0.0433 e. The van der Waals surface area contributed by atoms with Crippen LogP contribution in [0.1, 0.15) is 58.4 Å². The van der Waals surface area contributed by atoms with Gasteiger partial charge in [-0.05, 0) is 68.7 Å². The van der Waals surface area contributed by atoms with Crippen LogP contribution in [0.25, 0.3) is 0 Å². The van der Waals surface area contributed by atoms with Crippen LogP contribution < -0.4 is 0 Å². The maximum absolute atomic E-state index is 2.52. The minimum atomic E-state index is 0.960. The molecule has 0 amide bonds. The normalized spacial score (nSPS) is 24.6. The van der Waals surface area contributed by atoms with Crippen molar-refractivity contribution < 1.29 is 0 Å². The number of nitrogens with zero attached hydrogens (tertiary/aromatic N) is 1. The van der Waals surface area contributed by atoms with Crippen LogP contribution in [0.4, 0.5) is 0 Å². The van der Waals surface area contributed by atoms with Crippen molar-refractivity contribution in [3.8, 4) is 0 Å². The van der Waals surface area contributed by atoms with E-state index in [9.17, 15) is 0 Å². The van der Waals surface area contributed by atoms with Gasteiger partial charge < -0.3 is 4.90 Å². The van der Waals surface area contributed by atoms with Gasteiger partial charge in [-0.2, -0.15) is 0 Å². The van der Waals surface area contributed by atoms with Gasteiger partial charge in [0.15, 0.2) is 0 Å². The van der Waals surface area contributed by atoms with Gasteiger partial charge in [0.25, 0.3) is 0 Å². The monoisotopic (exact) mass is 359 g/mol. The molecule has 0 N–H and O–H groups in total. The standard InChI is InChI=1S/C26H33N/c1-4-24-19-25(15-11-6-5-8-12-22(24)3)26-18-21(2)16-17-27(26)20-23-13-9-7-10-14-23/h6-7,9-11,13-14,16,18-19H,4-5,8,12,15,17,20H2,1-3H3/b11-6-,24-22-,25-19+. The summed E-state index contributed by atoms with van der Waals surface area (Å²) in [7, 11) is 0. The number of hydrogen-bond donors (Lipinski definition) is 0. The second-order valence-corrected chi connectivity index (χ2v) is 7.74. The van der Waals surface area contributed by atoms with E-state index in [-0.39, 0.29) is 0 Å². The lowest BCUT2D eigenvalue weighted by atomic mass is 9.93. The highest BCUT2D eigenvalue weighted by atomic mass is 15.1. The van der Waals surface area contributed by atoms with Crippen molar-refractivity contribution in [2.75, 3.05) is 6.54 Å². The molecule has 1 aliphatic carbocycles. The van der Waals surface area contributed by atoms with Crippen molar-refractivity contribution in [1.29, 1.82) is 0 Å². The predicted octanol–water partition coefficient (Wildman–Crippen LogP) is 7.12. The molecule has 27 heavy (non-hydrogen) atoms. The van der Waals surface area contributed by atoms with E-state index in [0.717, 1.165) is 25.9 Å². The van der Waals surface area contributed by atoms with Gasteiger partial charge in [-0.25, -0.2) is 0 Å². The van der Waals surface area contributed by atoms with Crippen LogP contribution in [-0.4, -0.2) is 11.4 Å². The lowest BCUT2D eigenvalue weighted by molar-refractivity contribution is 0.372. The Balaban J connectivity index is 1.97. The molecule has 0 radical (unpaired) electrons. The molecule has 1 heterocycles. The van der Waals surface area contributed by atoms with E-state index in [1.807, 2.05) is 0 Å². The van der Waals surface area contributed by atoms with Gasteiger partial charge in [-0.3, -0.25) is 0 Å². The molecule has 0 atom stereocenters. The average molecular weight is 360 g/mol. The highest BCUT2D eigenvalue weighted by Crippen LogP contribution is 2.30. The first-order chi connectivity index (χ1) is 13.2. The van der Waals surface area contributed by atoms with Crippen LogP contribution in [0.5, 0.6) is 0 Å². The van der Waals surface area contributed by atoms with Crippen molar-refractivity contribution in [3.63, 3.8) is 0 Å². The summed E-state index contributed by atoms with van der Waals surface area (Å²) in [6, 6.07) is 10.8. The Kier molecular flexibility index (Phi) is 6.92. The number of hydrogen-bond acceptors (Lipinski definition) is 1. The summed E-state index contributed by atoms with van der Waals surface area (Å²) in [5.74, 6) is 0. The van der Waals surface area contributed by atoms with Crippen molar-refractivity contribution in [2.45, 2.75) is 59.4 Å².